The summed E-state index contributed by atoms with van der Waals surface area (Å²) in [6.07, 6.45) is -4.33. The predicted molar refractivity (Wildman–Crippen MR) is 134 cm³/mol. The fraction of sp³-hybridized carbons (Fsp3) is 0.138. The van der Waals surface area contributed by atoms with Crippen LogP contribution in [0.1, 0.15) is 32.6 Å². The molecule has 7 heteroatoms. The number of ether oxygens (including phenoxy) is 1. The summed E-state index contributed by atoms with van der Waals surface area (Å²) in [5, 5.41) is 6.08. The van der Waals surface area contributed by atoms with Crippen molar-refractivity contribution in [1.82, 2.24) is 5.32 Å². The van der Waals surface area contributed by atoms with Gasteiger partial charge >= 0.3 is 6.18 Å². The van der Waals surface area contributed by atoms with Gasteiger partial charge in [0, 0.05) is 24.3 Å². The zero-order valence-corrected chi connectivity index (χ0v) is 19.4. The van der Waals surface area contributed by atoms with Gasteiger partial charge in [-0.25, -0.2) is 0 Å². The van der Waals surface area contributed by atoms with Gasteiger partial charge < -0.3 is 15.4 Å². The molecule has 1 amide bonds. The summed E-state index contributed by atoms with van der Waals surface area (Å²) in [4.78, 5) is 12.6. The predicted octanol–water partition coefficient (Wildman–Crippen LogP) is 6.83. The van der Waals surface area contributed by atoms with E-state index < -0.39 is 11.7 Å². The van der Waals surface area contributed by atoms with Gasteiger partial charge in [-0.3, -0.25) is 4.79 Å². The van der Waals surface area contributed by atoms with Crippen LogP contribution in [0.3, 0.4) is 0 Å². The Morgan fingerprint density at radius 2 is 1.28 bits per heavy atom. The number of rotatable bonds is 9. The highest BCUT2D eigenvalue weighted by molar-refractivity contribution is 6.04. The third-order valence-corrected chi connectivity index (χ3v) is 5.52. The third kappa shape index (κ3) is 7.20. The Kier molecular flexibility index (Phi) is 8.02. The molecular weight excluding hydrogens is 465 g/mol. The first-order valence-corrected chi connectivity index (χ1v) is 11.4. The summed E-state index contributed by atoms with van der Waals surface area (Å²) >= 11 is 0. The fourth-order valence-corrected chi connectivity index (χ4v) is 3.52. The summed E-state index contributed by atoms with van der Waals surface area (Å²) in [6, 6.07) is 29.3. The van der Waals surface area contributed by atoms with E-state index in [-0.39, 0.29) is 5.91 Å². The lowest BCUT2D eigenvalue weighted by Gasteiger charge is -2.10. The second-order valence-corrected chi connectivity index (χ2v) is 8.25. The highest BCUT2D eigenvalue weighted by atomic mass is 19.4. The van der Waals surface area contributed by atoms with E-state index in [9.17, 15) is 18.0 Å². The Hall–Kier alpha value is -4.10. The Bertz CT molecular complexity index is 1260. The Balaban J connectivity index is 1.23. The van der Waals surface area contributed by atoms with Crippen LogP contribution in [0.15, 0.2) is 103 Å². The Labute approximate surface area is 207 Å². The van der Waals surface area contributed by atoms with Crippen molar-refractivity contribution in [2.45, 2.75) is 25.9 Å². The van der Waals surface area contributed by atoms with E-state index in [1.165, 1.54) is 12.1 Å². The van der Waals surface area contributed by atoms with Crippen molar-refractivity contribution in [2.75, 3.05) is 5.32 Å². The van der Waals surface area contributed by atoms with Crippen LogP contribution in [-0.4, -0.2) is 5.91 Å². The van der Waals surface area contributed by atoms with E-state index in [1.54, 1.807) is 24.3 Å². The average molecular weight is 491 g/mol. The molecule has 0 bridgehead atoms. The van der Waals surface area contributed by atoms with Gasteiger partial charge in [-0.2, -0.15) is 13.2 Å². The quantitative estimate of drug-likeness (QED) is 0.271. The van der Waals surface area contributed by atoms with Gasteiger partial charge in [-0.1, -0.05) is 54.6 Å². The average Bonchev–Trinajstić information content (AvgIpc) is 2.89. The molecule has 184 valence electrons. The second-order valence-electron chi connectivity index (χ2n) is 8.25. The van der Waals surface area contributed by atoms with Crippen molar-refractivity contribution >= 4 is 11.6 Å². The van der Waals surface area contributed by atoms with Crippen molar-refractivity contribution < 1.29 is 22.7 Å². The van der Waals surface area contributed by atoms with Crippen LogP contribution in [0.5, 0.6) is 5.75 Å². The number of benzene rings is 4. The van der Waals surface area contributed by atoms with Gasteiger partial charge in [-0.15, -0.1) is 0 Å². The molecule has 0 aliphatic rings. The number of alkyl halides is 3. The topological polar surface area (TPSA) is 50.4 Å². The molecule has 0 spiro atoms. The third-order valence-electron chi connectivity index (χ3n) is 5.52. The van der Waals surface area contributed by atoms with Crippen LogP contribution in [-0.2, 0) is 25.9 Å². The molecule has 4 aromatic rings. The van der Waals surface area contributed by atoms with Crippen molar-refractivity contribution in [3.05, 3.63) is 131 Å². The number of carbonyl (C=O) groups is 1. The standard InChI is InChI=1S/C29H25F3N2O2/c30-29(31,32)25-12-6-21(7-13-25)18-33-19-22-8-14-26(15-9-22)34-28(35)24-10-16-27(17-11-24)36-20-23-4-2-1-3-5-23/h1-17,33H,18-20H2,(H,34,35). The number of nitrogens with one attached hydrogen (secondary N) is 2. The zero-order valence-electron chi connectivity index (χ0n) is 19.4. The maximum Gasteiger partial charge on any atom is 0.416 e. The van der Waals surface area contributed by atoms with E-state index in [0.717, 1.165) is 28.8 Å². The SMILES string of the molecule is O=C(Nc1ccc(CNCc2ccc(C(F)(F)F)cc2)cc1)c1ccc(OCc2ccccc2)cc1. The molecule has 0 unspecified atom stereocenters. The van der Waals surface area contributed by atoms with Gasteiger partial charge in [-0.05, 0) is 65.2 Å². The van der Waals surface area contributed by atoms with Crippen LogP contribution in [0.2, 0.25) is 0 Å². The van der Waals surface area contributed by atoms with Crippen molar-refractivity contribution in [2.24, 2.45) is 0 Å². The van der Waals surface area contributed by atoms with E-state index in [1.807, 2.05) is 54.6 Å². The number of carbonyl (C=O) groups excluding carboxylic acids is 1. The monoisotopic (exact) mass is 490 g/mol. The molecule has 4 aromatic carbocycles. The normalized spacial score (nSPS) is 11.2. The first-order chi connectivity index (χ1) is 17.4. The number of hydrogen-bond donors (Lipinski definition) is 2. The highest BCUT2D eigenvalue weighted by Gasteiger charge is 2.29. The summed E-state index contributed by atoms with van der Waals surface area (Å²) < 4.78 is 43.7. The summed E-state index contributed by atoms with van der Waals surface area (Å²) in [5.41, 5.74) is 3.34. The van der Waals surface area contributed by atoms with E-state index in [0.29, 0.717) is 36.7 Å². The highest BCUT2D eigenvalue weighted by Crippen LogP contribution is 2.29. The van der Waals surface area contributed by atoms with Gasteiger partial charge in [0.1, 0.15) is 12.4 Å². The van der Waals surface area contributed by atoms with Crippen LogP contribution >= 0.6 is 0 Å². The number of amides is 1. The van der Waals surface area contributed by atoms with Crippen LogP contribution in [0.25, 0.3) is 0 Å². The molecule has 0 saturated carbocycles. The van der Waals surface area contributed by atoms with Crippen LogP contribution in [0, 0.1) is 0 Å². The lowest BCUT2D eigenvalue weighted by molar-refractivity contribution is -0.137. The van der Waals surface area contributed by atoms with E-state index in [4.69, 9.17) is 4.74 Å². The largest absolute Gasteiger partial charge is 0.489 e. The molecular formula is C29H25F3N2O2. The summed E-state index contributed by atoms with van der Waals surface area (Å²) in [5.74, 6) is 0.460. The minimum Gasteiger partial charge on any atom is -0.489 e. The lowest BCUT2D eigenvalue weighted by Crippen LogP contribution is -2.14. The van der Waals surface area contributed by atoms with Crippen molar-refractivity contribution in [3.63, 3.8) is 0 Å². The molecule has 36 heavy (non-hydrogen) atoms. The molecule has 0 aromatic heterocycles. The Morgan fingerprint density at radius 1 is 0.694 bits per heavy atom. The number of anilines is 1. The van der Waals surface area contributed by atoms with Gasteiger partial charge in [0.2, 0.25) is 0 Å². The maximum absolute atomic E-state index is 12.7. The van der Waals surface area contributed by atoms with E-state index in [2.05, 4.69) is 10.6 Å². The smallest absolute Gasteiger partial charge is 0.416 e. The van der Waals surface area contributed by atoms with Crippen molar-refractivity contribution in [1.29, 1.82) is 0 Å². The second kappa shape index (κ2) is 11.6. The fourth-order valence-electron chi connectivity index (χ4n) is 3.52. The maximum atomic E-state index is 12.7. The Morgan fingerprint density at radius 3 is 1.86 bits per heavy atom. The number of halogens is 3. The van der Waals surface area contributed by atoms with Gasteiger partial charge in [0.05, 0.1) is 5.56 Å². The number of hydrogen-bond acceptors (Lipinski definition) is 3. The van der Waals surface area contributed by atoms with Gasteiger partial charge in [0.15, 0.2) is 0 Å². The molecule has 0 saturated heterocycles. The molecule has 2 N–H and O–H groups in total. The lowest BCUT2D eigenvalue weighted by atomic mass is 10.1. The van der Waals surface area contributed by atoms with Crippen LogP contribution in [0.4, 0.5) is 18.9 Å². The molecule has 4 rings (SSSR count). The molecule has 0 aliphatic carbocycles. The summed E-state index contributed by atoms with van der Waals surface area (Å²) in [7, 11) is 0. The molecule has 0 aliphatic heterocycles. The first-order valence-electron chi connectivity index (χ1n) is 11.4. The molecule has 4 nitrogen and oxygen atoms in total. The molecule has 0 radical (unpaired) electrons. The first kappa shape index (κ1) is 25.0. The molecule has 0 fully saturated rings. The zero-order chi connectivity index (χ0) is 25.4. The van der Waals surface area contributed by atoms with Crippen molar-refractivity contribution in [3.8, 4) is 5.75 Å². The van der Waals surface area contributed by atoms with Gasteiger partial charge in [0.25, 0.3) is 5.91 Å². The van der Waals surface area contributed by atoms with Crippen LogP contribution < -0.4 is 15.4 Å². The minimum absolute atomic E-state index is 0.224. The molecule has 0 heterocycles. The minimum atomic E-state index is -4.33. The molecule has 0 atom stereocenters. The summed E-state index contributed by atoms with van der Waals surface area (Å²) in [6.45, 7) is 1.44. The van der Waals surface area contributed by atoms with E-state index >= 15 is 0 Å².